The van der Waals surface area contributed by atoms with Gasteiger partial charge in [-0.15, -0.1) is 0 Å². The van der Waals surface area contributed by atoms with Crippen LogP contribution >= 0.6 is 0 Å². The Morgan fingerprint density at radius 2 is 2.04 bits per heavy atom. The molecule has 23 heavy (non-hydrogen) atoms. The average Bonchev–Trinajstić information content (AvgIpc) is 3.20. The predicted octanol–water partition coefficient (Wildman–Crippen LogP) is 2.56. The minimum Gasteiger partial charge on any atom is -0.463 e. The Morgan fingerprint density at radius 1 is 1.39 bits per heavy atom. The Morgan fingerprint density at radius 3 is 2.61 bits per heavy atom. The van der Waals surface area contributed by atoms with Crippen molar-refractivity contribution in [1.82, 2.24) is 0 Å². The molecule has 2 rings (SSSR count). The molecule has 0 saturated carbocycles. The zero-order valence-corrected chi connectivity index (χ0v) is 15.8. The number of rotatable bonds is 5. The maximum atomic E-state index is 11.5. The number of aliphatic hydroxyl groups excluding tert-OH is 1. The van der Waals surface area contributed by atoms with Gasteiger partial charge in [0.05, 0.1) is 12.7 Å². The smallest absolute Gasteiger partial charge is 0.330 e. The highest BCUT2D eigenvalue weighted by Gasteiger charge is 2.55. The van der Waals surface area contributed by atoms with Crippen molar-refractivity contribution >= 4 is 14.3 Å². The zero-order chi connectivity index (χ0) is 17.4. The second-order valence-electron chi connectivity index (χ2n) is 7.60. The molecule has 2 aliphatic rings. The lowest BCUT2D eigenvalue weighted by atomic mass is 9.94. The molecule has 1 saturated heterocycles. The Bertz CT molecular complexity index is 518. The maximum Gasteiger partial charge on any atom is 0.330 e. The summed E-state index contributed by atoms with van der Waals surface area (Å²) >= 11 is 0. The molecule has 1 heterocycles. The number of fused-ring (bicyclic) bond motifs is 1. The highest BCUT2D eigenvalue weighted by molar-refractivity contribution is 6.74. The first-order valence-electron chi connectivity index (χ1n) is 8.14. The number of carbonyl (C=O) groups excluding carboxylic acids is 1. The van der Waals surface area contributed by atoms with Crippen LogP contribution in [0.15, 0.2) is 23.8 Å². The van der Waals surface area contributed by atoms with Gasteiger partial charge in [0.1, 0.15) is 18.3 Å². The second kappa shape index (κ2) is 6.51. The highest BCUT2D eigenvalue weighted by atomic mass is 28.4. The van der Waals surface area contributed by atoms with Gasteiger partial charge < -0.3 is 19.0 Å². The summed E-state index contributed by atoms with van der Waals surface area (Å²) in [6.07, 6.45) is 3.61. The van der Waals surface area contributed by atoms with Gasteiger partial charge in [0.25, 0.3) is 0 Å². The summed E-state index contributed by atoms with van der Waals surface area (Å²) in [5.74, 6) is -0.415. The summed E-state index contributed by atoms with van der Waals surface area (Å²) in [6.45, 7) is 13.0. The van der Waals surface area contributed by atoms with Gasteiger partial charge in [0.2, 0.25) is 0 Å². The molecule has 0 unspecified atom stereocenters. The fraction of sp³-hybridized carbons (Fsp3) is 0.706. The summed E-state index contributed by atoms with van der Waals surface area (Å²) in [5.41, 5.74) is 0.653. The van der Waals surface area contributed by atoms with E-state index >= 15 is 0 Å². The van der Waals surface area contributed by atoms with Gasteiger partial charge in [-0.1, -0.05) is 20.8 Å². The Balaban J connectivity index is 2.14. The summed E-state index contributed by atoms with van der Waals surface area (Å²) in [5, 5.41) is 10.4. The molecule has 4 atom stereocenters. The third kappa shape index (κ3) is 4.12. The van der Waals surface area contributed by atoms with Crippen LogP contribution in [0.1, 0.15) is 27.7 Å². The molecule has 0 aromatic carbocycles. The standard InChI is InChI=1S/C17H28O5Si/c1-7-20-13(18)9-8-11-10-12(15-16(21-15)14(11)19)22-23(5,6)17(2,3)4/h8-10,12,14-16,19H,7H2,1-6H3/b9-8+/t12-,14+,15+,16-/m1/s1. The van der Waals surface area contributed by atoms with Crippen molar-refractivity contribution in [1.29, 1.82) is 0 Å². The van der Waals surface area contributed by atoms with Gasteiger partial charge in [-0.3, -0.25) is 0 Å². The number of carbonyl (C=O) groups is 1. The van der Waals surface area contributed by atoms with E-state index in [4.69, 9.17) is 13.9 Å². The van der Waals surface area contributed by atoms with Crippen molar-refractivity contribution in [3.05, 3.63) is 23.8 Å². The van der Waals surface area contributed by atoms with Gasteiger partial charge in [0, 0.05) is 6.08 Å². The van der Waals surface area contributed by atoms with Crippen LogP contribution in [-0.4, -0.2) is 50.4 Å². The molecule has 0 aromatic rings. The van der Waals surface area contributed by atoms with Gasteiger partial charge in [-0.25, -0.2) is 4.79 Å². The van der Waals surface area contributed by atoms with Crippen LogP contribution < -0.4 is 0 Å². The van der Waals surface area contributed by atoms with E-state index in [1.165, 1.54) is 6.08 Å². The van der Waals surface area contributed by atoms with E-state index < -0.39 is 20.4 Å². The SMILES string of the molecule is CCOC(=O)/C=C/C1=C[C@@H](O[Si](C)(C)C(C)(C)C)[C@@H]2O[C@@H]2[C@H]1O. The van der Waals surface area contributed by atoms with Crippen molar-refractivity contribution in [2.24, 2.45) is 0 Å². The van der Waals surface area contributed by atoms with Crippen LogP contribution in [0.3, 0.4) is 0 Å². The normalized spacial score (nSPS) is 30.8. The van der Waals surface area contributed by atoms with E-state index in [-0.39, 0.29) is 23.4 Å². The van der Waals surface area contributed by atoms with Gasteiger partial charge in [-0.05, 0) is 42.8 Å². The van der Waals surface area contributed by atoms with Crippen LogP contribution in [0.25, 0.3) is 0 Å². The van der Waals surface area contributed by atoms with Crippen LogP contribution in [0, 0.1) is 0 Å². The fourth-order valence-electron chi connectivity index (χ4n) is 2.35. The predicted molar refractivity (Wildman–Crippen MR) is 90.6 cm³/mol. The Hall–Kier alpha value is -0.953. The monoisotopic (exact) mass is 340 g/mol. The maximum absolute atomic E-state index is 11.5. The largest absolute Gasteiger partial charge is 0.463 e. The summed E-state index contributed by atoms with van der Waals surface area (Å²) in [7, 11) is -1.94. The minimum atomic E-state index is -1.94. The first-order valence-corrected chi connectivity index (χ1v) is 11.1. The van der Waals surface area contributed by atoms with Crippen LogP contribution in [0.4, 0.5) is 0 Å². The molecule has 5 nitrogen and oxygen atoms in total. The van der Waals surface area contributed by atoms with Gasteiger partial charge >= 0.3 is 5.97 Å². The topological polar surface area (TPSA) is 68.3 Å². The molecule has 0 radical (unpaired) electrons. The second-order valence-corrected chi connectivity index (χ2v) is 12.4. The molecule has 130 valence electrons. The lowest BCUT2D eigenvalue weighted by Gasteiger charge is -2.39. The number of esters is 1. The van der Waals surface area contributed by atoms with Crippen molar-refractivity contribution in [2.45, 2.75) is 70.2 Å². The first kappa shape index (κ1) is 18.4. The third-order valence-corrected chi connectivity index (χ3v) is 9.30. The molecule has 0 spiro atoms. The van der Waals surface area contributed by atoms with Crippen LogP contribution in [-0.2, 0) is 18.7 Å². The number of aliphatic hydroxyl groups is 1. The van der Waals surface area contributed by atoms with E-state index in [0.29, 0.717) is 12.2 Å². The van der Waals surface area contributed by atoms with E-state index in [2.05, 4.69) is 33.9 Å². The molecule has 0 bridgehead atoms. The summed E-state index contributed by atoms with van der Waals surface area (Å²) in [4.78, 5) is 11.5. The van der Waals surface area contributed by atoms with Crippen molar-refractivity contribution in [3.8, 4) is 0 Å². The molecule has 1 N–H and O–H groups in total. The molecule has 1 fully saturated rings. The third-order valence-electron chi connectivity index (χ3n) is 4.83. The highest BCUT2D eigenvalue weighted by Crippen LogP contribution is 2.43. The van der Waals surface area contributed by atoms with E-state index in [9.17, 15) is 9.90 Å². The summed E-state index contributed by atoms with van der Waals surface area (Å²) < 4.78 is 16.9. The molecule has 1 aliphatic heterocycles. The van der Waals surface area contributed by atoms with E-state index in [1.807, 2.05) is 6.08 Å². The molecule has 6 heteroatoms. The quantitative estimate of drug-likeness (QED) is 0.360. The molecule has 0 aromatic heterocycles. The van der Waals surface area contributed by atoms with Crippen molar-refractivity contribution < 1.29 is 23.8 Å². The Kier molecular flexibility index (Phi) is 5.20. The van der Waals surface area contributed by atoms with Gasteiger partial charge in [0.15, 0.2) is 8.32 Å². The van der Waals surface area contributed by atoms with E-state index in [1.54, 1.807) is 13.0 Å². The number of ether oxygens (including phenoxy) is 2. The van der Waals surface area contributed by atoms with E-state index in [0.717, 1.165) is 0 Å². The molecule has 0 amide bonds. The first-order chi connectivity index (χ1) is 10.6. The van der Waals surface area contributed by atoms with Crippen molar-refractivity contribution in [3.63, 3.8) is 0 Å². The Labute approximate surface area is 139 Å². The number of hydrogen-bond donors (Lipinski definition) is 1. The van der Waals surface area contributed by atoms with Crippen molar-refractivity contribution in [2.75, 3.05) is 6.61 Å². The van der Waals surface area contributed by atoms with Gasteiger partial charge in [-0.2, -0.15) is 0 Å². The zero-order valence-electron chi connectivity index (χ0n) is 14.8. The minimum absolute atomic E-state index is 0.0844. The molecular formula is C17H28O5Si. The number of hydrogen-bond acceptors (Lipinski definition) is 5. The average molecular weight is 340 g/mol. The van der Waals surface area contributed by atoms with Crippen LogP contribution in [0.2, 0.25) is 18.1 Å². The lowest BCUT2D eigenvalue weighted by Crippen LogP contribution is -2.46. The molecule has 1 aliphatic carbocycles. The number of epoxide rings is 1. The molecular weight excluding hydrogens is 312 g/mol. The summed E-state index contributed by atoms with van der Waals surface area (Å²) in [6, 6.07) is 0. The van der Waals surface area contributed by atoms with Crippen LogP contribution in [0.5, 0.6) is 0 Å². The lowest BCUT2D eigenvalue weighted by molar-refractivity contribution is -0.137. The fourth-order valence-corrected chi connectivity index (χ4v) is 3.59.